The molecule has 0 amide bonds. The van der Waals surface area contributed by atoms with E-state index in [-0.39, 0.29) is 5.97 Å². The molecule has 0 bridgehead atoms. The number of carbonyl (C=O) groups is 1. The molecular formula is C18H29NO5Si. The lowest BCUT2D eigenvalue weighted by molar-refractivity contribution is 0.0600. The topological polar surface area (TPSA) is 66.4 Å². The molecule has 7 heteroatoms. The number of aliphatic imine (C=N–C) groups is 1. The smallest absolute Gasteiger partial charge is 0.465 e. The van der Waals surface area contributed by atoms with Crippen LogP contribution in [-0.2, 0) is 18.0 Å². The second-order valence-corrected chi connectivity index (χ2v) is 7.97. The molecule has 0 unspecified atom stereocenters. The monoisotopic (exact) mass is 367 g/mol. The SMILES string of the molecule is CCO[Si](CCCN=Cc1ccc(C(=O)OC)cc1)(OCC)OCC. The van der Waals surface area contributed by atoms with E-state index in [0.717, 1.165) is 18.0 Å². The molecule has 140 valence electrons. The molecule has 0 saturated heterocycles. The third kappa shape index (κ3) is 7.48. The quantitative estimate of drug-likeness (QED) is 0.245. The summed E-state index contributed by atoms with van der Waals surface area (Å²) in [6.07, 6.45) is 2.63. The lowest BCUT2D eigenvalue weighted by Crippen LogP contribution is -2.46. The van der Waals surface area contributed by atoms with Gasteiger partial charge in [-0.2, -0.15) is 0 Å². The molecule has 0 aromatic heterocycles. The Morgan fingerprint density at radius 2 is 1.60 bits per heavy atom. The molecule has 0 atom stereocenters. The van der Waals surface area contributed by atoms with Gasteiger partial charge in [0.05, 0.1) is 12.7 Å². The Bertz CT molecular complexity index is 516. The Balaban J connectivity index is 2.51. The minimum Gasteiger partial charge on any atom is -0.465 e. The van der Waals surface area contributed by atoms with Crippen molar-refractivity contribution in [3.05, 3.63) is 35.4 Å². The molecule has 0 heterocycles. The van der Waals surface area contributed by atoms with Crippen LogP contribution in [0.2, 0.25) is 6.04 Å². The van der Waals surface area contributed by atoms with Crippen LogP contribution in [0.3, 0.4) is 0 Å². The van der Waals surface area contributed by atoms with Crippen LogP contribution in [-0.4, -0.2) is 54.5 Å². The Hall–Kier alpha value is -1.54. The van der Waals surface area contributed by atoms with Crippen LogP contribution in [0, 0.1) is 0 Å². The van der Waals surface area contributed by atoms with Gasteiger partial charge < -0.3 is 18.0 Å². The van der Waals surface area contributed by atoms with Gasteiger partial charge in [-0.05, 0) is 44.9 Å². The van der Waals surface area contributed by atoms with Crippen LogP contribution >= 0.6 is 0 Å². The van der Waals surface area contributed by atoms with E-state index in [4.69, 9.17) is 13.3 Å². The van der Waals surface area contributed by atoms with E-state index < -0.39 is 8.80 Å². The third-order valence-corrected chi connectivity index (χ3v) is 6.59. The first-order valence-corrected chi connectivity index (χ1v) is 10.6. The van der Waals surface area contributed by atoms with E-state index in [2.05, 4.69) is 9.73 Å². The molecule has 0 spiro atoms. The Kier molecular flexibility index (Phi) is 10.2. The van der Waals surface area contributed by atoms with E-state index in [0.29, 0.717) is 31.9 Å². The predicted molar refractivity (Wildman–Crippen MR) is 100 cm³/mol. The molecule has 6 nitrogen and oxygen atoms in total. The van der Waals surface area contributed by atoms with Gasteiger partial charge in [0.1, 0.15) is 0 Å². The average Bonchev–Trinajstić information content (AvgIpc) is 2.62. The maximum atomic E-state index is 11.4. The van der Waals surface area contributed by atoms with Crippen LogP contribution in [0.4, 0.5) is 0 Å². The van der Waals surface area contributed by atoms with Crippen LogP contribution in [0.15, 0.2) is 29.3 Å². The van der Waals surface area contributed by atoms with Gasteiger partial charge >= 0.3 is 14.8 Å². The van der Waals surface area contributed by atoms with Crippen molar-refractivity contribution < 1.29 is 22.8 Å². The summed E-state index contributed by atoms with van der Waals surface area (Å²) in [4.78, 5) is 15.8. The summed E-state index contributed by atoms with van der Waals surface area (Å²) in [6.45, 7) is 8.29. The number of hydrogen-bond donors (Lipinski definition) is 0. The van der Waals surface area contributed by atoms with Gasteiger partial charge in [0.15, 0.2) is 0 Å². The highest BCUT2D eigenvalue weighted by atomic mass is 28.4. The summed E-state index contributed by atoms with van der Waals surface area (Å²) in [6, 6.07) is 7.89. The number of carbonyl (C=O) groups excluding carboxylic acids is 1. The molecule has 1 rings (SSSR count). The van der Waals surface area contributed by atoms with Crippen molar-refractivity contribution in [1.29, 1.82) is 0 Å². The Labute approximate surface area is 151 Å². The van der Waals surface area contributed by atoms with Crippen LogP contribution in [0.25, 0.3) is 0 Å². The molecule has 0 fully saturated rings. The van der Waals surface area contributed by atoms with Crippen molar-refractivity contribution in [3.8, 4) is 0 Å². The standard InChI is InChI=1S/C18H29NO5Si/c1-5-22-25(23-6-2,24-7-3)14-8-13-19-15-16-9-11-17(12-10-16)18(20)21-4/h9-12,15H,5-8,13-14H2,1-4H3. The van der Waals surface area contributed by atoms with Crippen molar-refractivity contribution in [3.63, 3.8) is 0 Å². The fourth-order valence-electron chi connectivity index (χ4n) is 2.38. The molecule has 0 N–H and O–H groups in total. The highest BCUT2D eigenvalue weighted by molar-refractivity contribution is 6.60. The number of esters is 1. The van der Waals surface area contributed by atoms with E-state index in [1.165, 1.54) is 7.11 Å². The first kappa shape index (κ1) is 21.5. The molecule has 1 aromatic rings. The maximum Gasteiger partial charge on any atom is 0.500 e. The first-order chi connectivity index (χ1) is 12.1. The van der Waals surface area contributed by atoms with Gasteiger partial charge in [0, 0.05) is 38.6 Å². The van der Waals surface area contributed by atoms with Gasteiger partial charge in [-0.15, -0.1) is 0 Å². The summed E-state index contributed by atoms with van der Waals surface area (Å²) in [5.74, 6) is -0.340. The highest BCUT2D eigenvalue weighted by Crippen LogP contribution is 2.18. The molecule has 0 radical (unpaired) electrons. The lowest BCUT2D eigenvalue weighted by atomic mass is 10.1. The third-order valence-electron chi connectivity index (χ3n) is 3.44. The number of benzene rings is 1. The first-order valence-electron chi connectivity index (χ1n) is 8.70. The van der Waals surface area contributed by atoms with Crippen molar-refractivity contribution in [2.75, 3.05) is 33.5 Å². The molecule has 0 aliphatic carbocycles. The summed E-state index contributed by atoms with van der Waals surface area (Å²) < 4.78 is 22.1. The minimum atomic E-state index is -2.57. The van der Waals surface area contributed by atoms with E-state index >= 15 is 0 Å². The van der Waals surface area contributed by atoms with Gasteiger partial charge in [-0.3, -0.25) is 4.99 Å². The molecule has 25 heavy (non-hydrogen) atoms. The van der Waals surface area contributed by atoms with Crippen LogP contribution in [0.1, 0.15) is 43.1 Å². The number of methoxy groups -OCH3 is 1. The normalized spacial score (nSPS) is 11.8. The predicted octanol–water partition coefficient (Wildman–Crippen LogP) is 3.33. The zero-order chi connectivity index (χ0) is 18.5. The molecule has 0 aliphatic heterocycles. The molecule has 1 aromatic carbocycles. The van der Waals surface area contributed by atoms with Gasteiger partial charge in [-0.1, -0.05) is 12.1 Å². The maximum absolute atomic E-state index is 11.4. The van der Waals surface area contributed by atoms with Crippen LogP contribution in [0.5, 0.6) is 0 Å². The Morgan fingerprint density at radius 1 is 1.04 bits per heavy atom. The molecular weight excluding hydrogens is 338 g/mol. The van der Waals surface area contributed by atoms with Crippen molar-refractivity contribution in [2.45, 2.75) is 33.2 Å². The number of hydrogen-bond acceptors (Lipinski definition) is 6. The fraction of sp³-hybridized carbons (Fsp3) is 0.556. The van der Waals surface area contributed by atoms with Gasteiger partial charge in [0.2, 0.25) is 0 Å². The summed E-state index contributed by atoms with van der Waals surface area (Å²) in [7, 11) is -1.21. The van der Waals surface area contributed by atoms with E-state index in [9.17, 15) is 4.79 Å². The largest absolute Gasteiger partial charge is 0.500 e. The lowest BCUT2D eigenvalue weighted by Gasteiger charge is -2.28. The number of nitrogens with zero attached hydrogens (tertiary/aromatic N) is 1. The second kappa shape index (κ2) is 11.9. The van der Waals surface area contributed by atoms with Crippen LogP contribution < -0.4 is 0 Å². The highest BCUT2D eigenvalue weighted by Gasteiger charge is 2.39. The zero-order valence-corrected chi connectivity index (χ0v) is 16.6. The molecule has 0 saturated carbocycles. The number of rotatable bonds is 12. The van der Waals surface area contributed by atoms with E-state index in [1.807, 2.05) is 32.9 Å². The van der Waals surface area contributed by atoms with Crippen molar-refractivity contribution >= 4 is 21.0 Å². The van der Waals surface area contributed by atoms with Gasteiger partial charge in [0.25, 0.3) is 0 Å². The molecule has 0 aliphatic rings. The van der Waals surface area contributed by atoms with Crippen molar-refractivity contribution in [2.24, 2.45) is 4.99 Å². The van der Waals surface area contributed by atoms with Crippen molar-refractivity contribution in [1.82, 2.24) is 0 Å². The Morgan fingerprint density at radius 3 is 2.08 bits per heavy atom. The fourth-order valence-corrected chi connectivity index (χ4v) is 4.97. The number of ether oxygens (including phenoxy) is 1. The minimum absolute atomic E-state index is 0.340. The zero-order valence-electron chi connectivity index (χ0n) is 15.6. The summed E-state index contributed by atoms with van der Waals surface area (Å²) in [5.41, 5.74) is 1.47. The second-order valence-electron chi connectivity index (χ2n) is 5.23. The summed E-state index contributed by atoms with van der Waals surface area (Å²) in [5, 5.41) is 0. The average molecular weight is 368 g/mol. The summed E-state index contributed by atoms with van der Waals surface area (Å²) >= 11 is 0. The van der Waals surface area contributed by atoms with E-state index in [1.54, 1.807) is 18.3 Å². The van der Waals surface area contributed by atoms with Gasteiger partial charge in [-0.25, -0.2) is 4.79 Å².